The van der Waals surface area contributed by atoms with Crippen LogP contribution in [0.25, 0.3) is 11.3 Å². The molecule has 2 heterocycles. The molecule has 2 aromatic rings. The van der Waals surface area contributed by atoms with Crippen LogP contribution in [0.3, 0.4) is 0 Å². The van der Waals surface area contributed by atoms with E-state index < -0.39 is 5.97 Å². The summed E-state index contributed by atoms with van der Waals surface area (Å²) in [6.45, 7) is 2.13. The number of rotatable bonds is 4. The lowest BCUT2D eigenvalue weighted by molar-refractivity contribution is 0.0697. The van der Waals surface area contributed by atoms with E-state index in [-0.39, 0.29) is 5.56 Å². The monoisotopic (exact) mass is 283 g/mol. The average Bonchev–Trinajstić information content (AvgIpc) is 3.00. The molecule has 1 aromatic heterocycles. The third kappa shape index (κ3) is 3.25. The number of carboxylic acid groups (broad SMARTS) is 1. The van der Waals surface area contributed by atoms with Crippen molar-refractivity contribution < 1.29 is 9.90 Å². The van der Waals surface area contributed by atoms with Crippen molar-refractivity contribution in [2.24, 2.45) is 5.92 Å². The summed E-state index contributed by atoms with van der Waals surface area (Å²) in [5.41, 5.74) is 3.07. The first-order valence-corrected chi connectivity index (χ1v) is 7.08. The molecule has 0 spiro atoms. The van der Waals surface area contributed by atoms with Crippen molar-refractivity contribution in [2.45, 2.75) is 12.8 Å². The van der Waals surface area contributed by atoms with Crippen molar-refractivity contribution in [3.05, 3.63) is 47.9 Å². The second kappa shape index (κ2) is 6.01. The van der Waals surface area contributed by atoms with Crippen LogP contribution in [0, 0.1) is 5.92 Å². The summed E-state index contributed by atoms with van der Waals surface area (Å²) in [6.07, 6.45) is 3.72. The summed E-state index contributed by atoms with van der Waals surface area (Å²) in [4.78, 5) is 19.5. The molecule has 1 atom stereocenters. The third-order valence-corrected chi connectivity index (χ3v) is 3.81. The van der Waals surface area contributed by atoms with E-state index in [0.29, 0.717) is 5.92 Å². The fraction of sp³-hybridized carbons (Fsp3) is 0.312. The Morgan fingerprint density at radius 1 is 1.29 bits per heavy atom. The van der Waals surface area contributed by atoms with E-state index in [9.17, 15) is 4.79 Å². The van der Waals surface area contributed by atoms with E-state index in [1.54, 1.807) is 30.6 Å². The maximum atomic E-state index is 10.9. The number of carboxylic acids is 1. The van der Waals surface area contributed by atoms with Crippen LogP contribution in [0.15, 0.2) is 36.7 Å². The fourth-order valence-electron chi connectivity index (χ4n) is 2.64. The lowest BCUT2D eigenvalue weighted by Crippen LogP contribution is -2.11. The van der Waals surface area contributed by atoms with Crippen LogP contribution < -0.4 is 5.32 Å². The molecule has 1 aromatic carbocycles. The minimum Gasteiger partial charge on any atom is -0.478 e. The molecule has 0 saturated carbocycles. The van der Waals surface area contributed by atoms with Gasteiger partial charge in [0, 0.05) is 11.3 Å². The Morgan fingerprint density at radius 2 is 2.10 bits per heavy atom. The van der Waals surface area contributed by atoms with Gasteiger partial charge in [-0.25, -0.2) is 14.8 Å². The number of nitrogens with one attached hydrogen (secondary N) is 1. The van der Waals surface area contributed by atoms with E-state index in [1.165, 1.54) is 6.42 Å². The van der Waals surface area contributed by atoms with E-state index in [1.807, 2.05) is 6.07 Å². The van der Waals surface area contributed by atoms with Crippen molar-refractivity contribution in [2.75, 3.05) is 13.1 Å². The van der Waals surface area contributed by atoms with Crippen LogP contribution in [0.5, 0.6) is 0 Å². The van der Waals surface area contributed by atoms with Crippen LogP contribution >= 0.6 is 0 Å². The highest BCUT2D eigenvalue weighted by atomic mass is 16.4. The van der Waals surface area contributed by atoms with Crippen molar-refractivity contribution in [3.63, 3.8) is 0 Å². The molecule has 1 saturated heterocycles. The third-order valence-electron chi connectivity index (χ3n) is 3.81. The first-order valence-electron chi connectivity index (χ1n) is 7.08. The van der Waals surface area contributed by atoms with E-state index in [2.05, 4.69) is 15.3 Å². The standard InChI is InChI=1S/C16H17N3O2/c20-16(21)13-3-1-12(2-4-13)15-8-14(18-10-19-15)7-11-5-6-17-9-11/h1-4,8,10-11,17H,5-7,9H2,(H,20,21)/t11-/m0/s1. The highest BCUT2D eigenvalue weighted by Crippen LogP contribution is 2.20. The summed E-state index contributed by atoms with van der Waals surface area (Å²) in [5, 5.41) is 12.3. The first kappa shape index (κ1) is 13.7. The van der Waals surface area contributed by atoms with Crippen molar-refractivity contribution in [3.8, 4) is 11.3 Å². The summed E-state index contributed by atoms with van der Waals surface area (Å²) in [7, 11) is 0. The molecule has 108 valence electrons. The molecule has 0 radical (unpaired) electrons. The zero-order chi connectivity index (χ0) is 14.7. The number of nitrogens with zero attached hydrogens (tertiary/aromatic N) is 2. The van der Waals surface area contributed by atoms with Gasteiger partial charge in [-0.1, -0.05) is 12.1 Å². The second-order valence-corrected chi connectivity index (χ2v) is 5.34. The number of aromatic nitrogens is 2. The van der Waals surface area contributed by atoms with Gasteiger partial charge in [0.1, 0.15) is 6.33 Å². The van der Waals surface area contributed by atoms with Crippen LogP contribution in [0.4, 0.5) is 0 Å². The predicted octanol–water partition coefficient (Wildman–Crippen LogP) is 1.99. The lowest BCUT2D eigenvalue weighted by Gasteiger charge is -2.08. The minimum atomic E-state index is -0.918. The van der Waals surface area contributed by atoms with E-state index >= 15 is 0 Å². The Morgan fingerprint density at radius 3 is 2.76 bits per heavy atom. The number of hydrogen-bond donors (Lipinski definition) is 2. The Kier molecular flexibility index (Phi) is 3.92. The molecule has 1 fully saturated rings. The van der Waals surface area contributed by atoms with Crippen molar-refractivity contribution >= 4 is 5.97 Å². The van der Waals surface area contributed by atoms with Gasteiger partial charge < -0.3 is 10.4 Å². The molecule has 0 amide bonds. The maximum Gasteiger partial charge on any atom is 0.335 e. The fourth-order valence-corrected chi connectivity index (χ4v) is 2.64. The molecular weight excluding hydrogens is 266 g/mol. The Bertz CT molecular complexity index is 634. The average molecular weight is 283 g/mol. The zero-order valence-electron chi connectivity index (χ0n) is 11.6. The van der Waals surface area contributed by atoms with E-state index in [0.717, 1.165) is 36.5 Å². The zero-order valence-corrected chi connectivity index (χ0v) is 11.6. The molecule has 21 heavy (non-hydrogen) atoms. The van der Waals surface area contributed by atoms with Crippen molar-refractivity contribution in [1.82, 2.24) is 15.3 Å². The Labute approximate surface area is 123 Å². The number of aromatic carboxylic acids is 1. The quantitative estimate of drug-likeness (QED) is 0.897. The molecule has 0 unspecified atom stereocenters. The van der Waals surface area contributed by atoms with Gasteiger partial charge in [0.15, 0.2) is 0 Å². The number of hydrogen-bond acceptors (Lipinski definition) is 4. The van der Waals surface area contributed by atoms with Crippen LogP contribution in [0.1, 0.15) is 22.5 Å². The highest BCUT2D eigenvalue weighted by Gasteiger charge is 2.16. The SMILES string of the molecule is O=C(O)c1ccc(-c2cc(C[C@@H]3CCNC3)ncn2)cc1. The van der Waals surface area contributed by atoms with Gasteiger partial charge >= 0.3 is 5.97 Å². The van der Waals surface area contributed by atoms with Crippen LogP contribution in [-0.2, 0) is 6.42 Å². The molecule has 2 N–H and O–H groups in total. The minimum absolute atomic E-state index is 0.282. The Balaban J connectivity index is 1.79. The summed E-state index contributed by atoms with van der Waals surface area (Å²) in [6, 6.07) is 8.76. The van der Waals surface area contributed by atoms with Gasteiger partial charge in [-0.3, -0.25) is 0 Å². The summed E-state index contributed by atoms with van der Waals surface area (Å²) < 4.78 is 0. The molecule has 3 rings (SSSR count). The first-order chi connectivity index (χ1) is 10.2. The molecular formula is C16H17N3O2. The van der Waals surface area contributed by atoms with Crippen LogP contribution in [0.2, 0.25) is 0 Å². The van der Waals surface area contributed by atoms with Crippen molar-refractivity contribution in [1.29, 1.82) is 0 Å². The van der Waals surface area contributed by atoms with E-state index in [4.69, 9.17) is 5.11 Å². The molecule has 1 aliphatic heterocycles. The smallest absolute Gasteiger partial charge is 0.335 e. The van der Waals surface area contributed by atoms with Gasteiger partial charge in [0.25, 0.3) is 0 Å². The maximum absolute atomic E-state index is 10.9. The lowest BCUT2D eigenvalue weighted by atomic mass is 10.0. The number of benzene rings is 1. The summed E-state index contributed by atoms with van der Waals surface area (Å²) >= 11 is 0. The van der Waals surface area contributed by atoms with Gasteiger partial charge in [-0.2, -0.15) is 0 Å². The Hall–Kier alpha value is -2.27. The second-order valence-electron chi connectivity index (χ2n) is 5.34. The highest BCUT2D eigenvalue weighted by molar-refractivity contribution is 5.88. The van der Waals surface area contributed by atoms with Gasteiger partial charge in [-0.15, -0.1) is 0 Å². The molecule has 5 heteroatoms. The topological polar surface area (TPSA) is 75.1 Å². The van der Waals surface area contributed by atoms with Gasteiger partial charge in [0.2, 0.25) is 0 Å². The normalized spacial score (nSPS) is 17.8. The van der Waals surface area contributed by atoms with Gasteiger partial charge in [0.05, 0.1) is 11.3 Å². The molecule has 5 nitrogen and oxygen atoms in total. The van der Waals surface area contributed by atoms with Gasteiger partial charge in [-0.05, 0) is 50.0 Å². The predicted molar refractivity (Wildman–Crippen MR) is 79.1 cm³/mol. The molecule has 1 aliphatic rings. The van der Waals surface area contributed by atoms with Crippen LogP contribution in [-0.4, -0.2) is 34.1 Å². The molecule has 0 aliphatic carbocycles. The largest absolute Gasteiger partial charge is 0.478 e. The summed E-state index contributed by atoms with van der Waals surface area (Å²) in [5.74, 6) is -0.277. The molecule has 0 bridgehead atoms. The number of carbonyl (C=O) groups is 1.